The fourth-order valence-electron chi connectivity index (χ4n) is 2.81. The molecule has 0 aliphatic carbocycles. The summed E-state index contributed by atoms with van der Waals surface area (Å²) in [7, 11) is 1.62. The van der Waals surface area contributed by atoms with E-state index in [1.165, 1.54) is 19.2 Å². The second-order valence-corrected chi connectivity index (χ2v) is 6.90. The van der Waals surface area contributed by atoms with Gasteiger partial charge >= 0.3 is 0 Å². The number of hydrogen-bond acceptors (Lipinski definition) is 8. The van der Waals surface area contributed by atoms with E-state index < -0.39 is 0 Å². The predicted molar refractivity (Wildman–Crippen MR) is 134 cm³/mol. The molecule has 9 heteroatoms. The zero-order valence-corrected chi connectivity index (χ0v) is 18.4. The van der Waals surface area contributed by atoms with Crippen LogP contribution in [0.1, 0.15) is 24.7 Å². The lowest BCUT2D eigenvalue weighted by Crippen LogP contribution is -2.09. The summed E-state index contributed by atoms with van der Waals surface area (Å²) >= 11 is 0. The van der Waals surface area contributed by atoms with Crippen LogP contribution in [-0.2, 0) is 9.53 Å². The Morgan fingerprint density at radius 1 is 1.03 bits per heavy atom. The molecule has 0 bridgehead atoms. The van der Waals surface area contributed by atoms with Crippen LogP contribution in [0.4, 0.5) is 28.8 Å². The molecule has 1 amide bonds. The van der Waals surface area contributed by atoms with Gasteiger partial charge in [0.15, 0.2) is 5.78 Å². The highest BCUT2D eigenvalue weighted by atomic mass is 16.5. The van der Waals surface area contributed by atoms with E-state index in [4.69, 9.17) is 9.47 Å². The molecule has 178 valence electrons. The van der Waals surface area contributed by atoms with Crippen LogP contribution in [0.25, 0.3) is 0 Å². The maximum Gasteiger partial charge on any atom is 0.247 e. The summed E-state index contributed by atoms with van der Waals surface area (Å²) in [5.74, 6) is 0.868. The smallest absolute Gasteiger partial charge is 0.247 e. The van der Waals surface area contributed by atoms with Crippen LogP contribution in [0.2, 0.25) is 0 Å². The van der Waals surface area contributed by atoms with Gasteiger partial charge in [0.1, 0.15) is 18.2 Å². The largest absolute Gasteiger partial charge is 0.491 e. The number of ether oxygens (including phenoxy) is 2. The predicted octanol–water partition coefficient (Wildman–Crippen LogP) is 4.95. The number of amides is 1. The Bertz CT molecular complexity index is 1130. The van der Waals surface area contributed by atoms with E-state index in [0.29, 0.717) is 41.9 Å². The molecule has 0 saturated heterocycles. The number of anilines is 5. The number of rotatable bonds is 11. The fraction of sp³-hybridized carbons (Fsp3) is 0.200. The Morgan fingerprint density at radius 2 is 1.76 bits per heavy atom. The summed E-state index contributed by atoms with van der Waals surface area (Å²) in [6.07, 6.45) is 2.65. The number of carbonyl (C=O) groups is 2. The number of methoxy groups -OCH3 is 1. The number of nitrogens with one attached hydrogen (secondary N) is 3. The molecule has 0 aliphatic heterocycles. The first kappa shape index (κ1) is 26.0. The monoisotopic (exact) mass is 463 g/mol. The Kier molecular flexibility index (Phi) is 9.72. The van der Waals surface area contributed by atoms with Crippen LogP contribution in [0.3, 0.4) is 0 Å². The van der Waals surface area contributed by atoms with Crippen molar-refractivity contribution in [3.8, 4) is 5.75 Å². The summed E-state index contributed by atoms with van der Waals surface area (Å²) in [6, 6.07) is 14.4. The SMILES string of the molecule is C.C=CC(=O)Nc1cccc(Nc2nc(Nc3ccc(OCCOC)cc3)ncc2C(C)=O)c1. The summed E-state index contributed by atoms with van der Waals surface area (Å²) in [4.78, 5) is 32.4. The van der Waals surface area contributed by atoms with Gasteiger partial charge in [-0.3, -0.25) is 9.59 Å². The van der Waals surface area contributed by atoms with Crippen molar-refractivity contribution in [1.82, 2.24) is 9.97 Å². The maximum absolute atomic E-state index is 12.1. The van der Waals surface area contributed by atoms with Gasteiger partial charge in [0.25, 0.3) is 0 Å². The number of aromatic nitrogens is 2. The van der Waals surface area contributed by atoms with Crippen LogP contribution in [0.15, 0.2) is 67.4 Å². The van der Waals surface area contributed by atoms with Crippen molar-refractivity contribution in [2.24, 2.45) is 0 Å². The zero-order chi connectivity index (χ0) is 23.6. The van der Waals surface area contributed by atoms with Gasteiger partial charge in [-0.25, -0.2) is 4.98 Å². The lowest BCUT2D eigenvalue weighted by Gasteiger charge is -2.13. The summed E-state index contributed by atoms with van der Waals surface area (Å²) in [5.41, 5.74) is 2.31. The van der Waals surface area contributed by atoms with E-state index in [2.05, 4.69) is 32.5 Å². The summed E-state index contributed by atoms with van der Waals surface area (Å²) in [5, 5.41) is 8.94. The minimum Gasteiger partial charge on any atom is -0.491 e. The first-order valence-corrected chi connectivity index (χ1v) is 10.2. The third-order valence-corrected chi connectivity index (χ3v) is 4.41. The molecular weight excluding hydrogens is 434 g/mol. The topological polar surface area (TPSA) is 114 Å². The lowest BCUT2D eigenvalue weighted by atomic mass is 10.2. The summed E-state index contributed by atoms with van der Waals surface area (Å²) < 4.78 is 10.5. The van der Waals surface area contributed by atoms with Gasteiger partial charge in [-0.2, -0.15) is 4.98 Å². The molecule has 0 radical (unpaired) electrons. The van der Waals surface area contributed by atoms with Crippen LogP contribution >= 0.6 is 0 Å². The molecule has 9 nitrogen and oxygen atoms in total. The molecule has 1 aromatic heterocycles. The molecule has 0 spiro atoms. The molecule has 1 heterocycles. The van der Waals surface area contributed by atoms with Crippen molar-refractivity contribution in [3.05, 3.63) is 72.9 Å². The molecule has 0 unspecified atom stereocenters. The second kappa shape index (κ2) is 12.7. The third-order valence-electron chi connectivity index (χ3n) is 4.41. The van der Waals surface area contributed by atoms with Crippen molar-refractivity contribution in [2.75, 3.05) is 36.3 Å². The van der Waals surface area contributed by atoms with Crippen LogP contribution in [0.5, 0.6) is 5.75 Å². The Morgan fingerprint density at radius 3 is 2.44 bits per heavy atom. The number of carbonyl (C=O) groups excluding carboxylic acids is 2. The molecule has 2 aromatic carbocycles. The fourth-order valence-corrected chi connectivity index (χ4v) is 2.81. The standard InChI is InChI=1S/C24H25N5O4.CH4/c1-4-22(31)26-18-6-5-7-19(14-18)27-23-21(16(2)30)15-25-24(29-23)28-17-8-10-20(11-9-17)33-13-12-32-3;/h4-11,14-15H,1,12-13H2,2-3H3,(H,26,31)(H2,25,27,28,29);1H4. The number of Topliss-reactive ketones (excluding diaryl/α,β-unsaturated/α-hetero) is 1. The van der Waals surface area contributed by atoms with E-state index >= 15 is 0 Å². The Hall–Kier alpha value is -4.24. The Labute approximate surface area is 199 Å². The van der Waals surface area contributed by atoms with Crippen molar-refractivity contribution in [3.63, 3.8) is 0 Å². The molecule has 34 heavy (non-hydrogen) atoms. The number of hydrogen-bond donors (Lipinski definition) is 3. The van der Waals surface area contributed by atoms with Crippen LogP contribution in [0, 0.1) is 0 Å². The van der Waals surface area contributed by atoms with E-state index in [0.717, 1.165) is 11.4 Å². The number of benzene rings is 2. The first-order valence-electron chi connectivity index (χ1n) is 10.2. The van der Waals surface area contributed by atoms with Gasteiger partial charge in [-0.05, 0) is 55.5 Å². The quantitative estimate of drug-likeness (QED) is 0.208. The van der Waals surface area contributed by atoms with Crippen LogP contribution < -0.4 is 20.7 Å². The Balaban J connectivity index is 0.00000408. The van der Waals surface area contributed by atoms with E-state index in [1.807, 2.05) is 24.3 Å². The second-order valence-electron chi connectivity index (χ2n) is 6.90. The lowest BCUT2D eigenvalue weighted by molar-refractivity contribution is -0.111. The average molecular weight is 464 g/mol. The highest BCUT2D eigenvalue weighted by Crippen LogP contribution is 2.24. The molecular formula is C25H29N5O4. The van der Waals surface area contributed by atoms with Crippen molar-refractivity contribution in [2.45, 2.75) is 14.4 Å². The molecule has 3 N–H and O–H groups in total. The van der Waals surface area contributed by atoms with Gasteiger partial charge in [-0.15, -0.1) is 0 Å². The van der Waals surface area contributed by atoms with Crippen molar-refractivity contribution in [1.29, 1.82) is 0 Å². The minimum atomic E-state index is -0.319. The highest BCUT2D eigenvalue weighted by molar-refractivity contribution is 6.00. The first-order chi connectivity index (χ1) is 16.0. The van der Waals surface area contributed by atoms with Crippen molar-refractivity contribution < 1.29 is 19.1 Å². The van der Waals surface area contributed by atoms with E-state index in [9.17, 15) is 9.59 Å². The number of ketones is 1. The molecule has 0 fully saturated rings. The maximum atomic E-state index is 12.1. The normalized spacial score (nSPS) is 9.94. The third kappa shape index (κ3) is 7.42. The minimum absolute atomic E-state index is 0. The highest BCUT2D eigenvalue weighted by Gasteiger charge is 2.12. The van der Waals surface area contributed by atoms with Gasteiger partial charge in [-0.1, -0.05) is 20.1 Å². The van der Waals surface area contributed by atoms with Gasteiger partial charge in [0.05, 0.1) is 12.2 Å². The molecule has 0 aliphatic rings. The van der Waals surface area contributed by atoms with E-state index in [-0.39, 0.29) is 19.1 Å². The van der Waals surface area contributed by atoms with E-state index in [1.54, 1.807) is 31.4 Å². The molecule has 0 atom stereocenters. The molecule has 0 saturated carbocycles. The molecule has 3 aromatic rings. The van der Waals surface area contributed by atoms with Gasteiger partial charge < -0.3 is 25.4 Å². The van der Waals surface area contributed by atoms with Crippen molar-refractivity contribution >= 4 is 40.5 Å². The van der Waals surface area contributed by atoms with Crippen LogP contribution in [-0.4, -0.2) is 42.0 Å². The zero-order valence-electron chi connectivity index (χ0n) is 18.4. The van der Waals surface area contributed by atoms with Gasteiger partial charge in [0.2, 0.25) is 11.9 Å². The number of nitrogens with zero attached hydrogens (tertiary/aromatic N) is 2. The van der Waals surface area contributed by atoms with Gasteiger partial charge in [0, 0.05) is 30.4 Å². The average Bonchev–Trinajstić information content (AvgIpc) is 2.80. The summed E-state index contributed by atoms with van der Waals surface area (Å²) in [6.45, 7) is 5.86. The molecule has 3 rings (SSSR count).